The standard InChI is InChI=1S/C90H60N2O2/c1-57-25-15-19-39-81(57)91(83-41-23-37-71-69-35-17-21-43-85(69)93-87(71)83)67-47-45-59-51-73-75-55-80-76(56-79(75)89(63-27-7-3-8-28-63,64-29-9-4-10-30-64)77(73)53-61(59)49-67)74-52-60-46-48-68(50-62(60)54-78(74)90(80,65-31-11-5-12-32-65)66-33-13-6-14-34-66)92(82-40-20-16-26-58(82)2)84-42-24-38-72-70-36-18-22-44-86(70)94-88(72)84/h3-56H,1-2H3. The van der Waals surface area contributed by atoms with Gasteiger partial charge in [-0.15, -0.1) is 0 Å². The van der Waals surface area contributed by atoms with Crippen LogP contribution in [0.3, 0.4) is 0 Å². The highest BCUT2D eigenvalue weighted by molar-refractivity contribution is 6.13. The van der Waals surface area contributed by atoms with E-state index in [2.05, 4.69) is 339 Å². The number of benzene rings is 15. The first-order chi connectivity index (χ1) is 46.4. The summed E-state index contributed by atoms with van der Waals surface area (Å²) < 4.78 is 13.6. The maximum atomic E-state index is 6.82. The molecule has 17 aromatic rings. The molecule has 2 aromatic heterocycles. The molecule has 0 bridgehead atoms. The van der Waals surface area contributed by atoms with Crippen LogP contribution in [0.5, 0.6) is 0 Å². The first-order valence-electron chi connectivity index (χ1n) is 32.5. The molecule has 0 unspecified atom stereocenters. The van der Waals surface area contributed by atoms with Crippen LogP contribution >= 0.6 is 0 Å². The van der Waals surface area contributed by atoms with E-state index in [-0.39, 0.29) is 0 Å². The van der Waals surface area contributed by atoms with Crippen LogP contribution in [0.1, 0.15) is 55.6 Å². The third-order valence-corrected chi connectivity index (χ3v) is 20.6. The molecule has 0 spiro atoms. The van der Waals surface area contributed by atoms with Crippen LogP contribution in [-0.4, -0.2) is 0 Å². The summed E-state index contributed by atoms with van der Waals surface area (Å²) in [6.45, 7) is 4.40. The van der Waals surface area contributed by atoms with Crippen molar-refractivity contribution in [3.8, 4) is 22.3 Å². The number of para-hydroxylation sites is 6. The van der Waals surface area contributed by atoms with E-state index in [1.54, 1.807) is 0 Å². The van der Waals surface area contributed by atoms with Crippen LogP contribution in [0.4, 0.5) is 34.1 Å². The molecule has 4 nitrogen and oxygen atoms in total. The number of fused-ring (bicyclic) bond motifs is 14. The summed E-state index contributed by atoms with van der Waals surface area (Å²) in [6.07, 6.45) is 0. The zero-order valence-electron chi connectivity index (χ0n) is 51.9. The Morgan fingerprint density at radius 3 is 0.957 bits per heavy atom. The molecule has 0 amide bonds. The Morgan fingerprint density at radius 1 is 0.245 bits per heavy atom. The summed E-state index contributed by atoms with van der Waals surface area (Å²) in [4.78, 5) is 4.79. The Kier molecular flexibility index (Phi) is 11.9. The van der Waals surface area contributed by atoms with Gasteiger partial charge in [-0.1, -0.05) is 231 Å². The van der Waals surface area contributed by atoms with Crippen molar-refractivity contribution in [3.05, 3.63) is 383 Å². The zero-order chi connectivity index (χ0) is 62.2. The van der Waals surface area contributed by atoms with Gasteiger partial charge in [-0.2, -0.15) is 0 Å². The predicted octanol–water partition coefficient (Wildman–Crippen LogP) is 24.1. The Morgan fingerprint density at radius 2 is 0.564 bits per heavy atom. The molecule has 0 fully saturated rings. The minimum atomic E-state index is -0.722. The largest absolute Gasteiger partial charge is 0.454 e. The van der Waals surface area contributed by atoms with Gasteiger partial charge in [0.1, 0.15) is 11.2 Å². The molecular weight excluding hydrogens is 1140 g/mol. The zero-order valence-corrected chi connectivity index (χ0v) is 51.9. The van der Waals surface area contributed by atoms with Gasteiger partial charge in [0.15, 0.2) is 11.2 Å². The lowest BCUT2D eigenvalue weighted by Crippen LogP contribution is -2.30. The van der Waals surface area contributed by atoms with Crippen LogP contribution in [-0.2, 0) is 10.8 Å². The molecule has 2 heterocycles. The Labute approximate surface area is 545 Å². The van der Waals surface area contributed by atoms with Gasteiger partial charge >= 0.3 is 0 Å². The maximum Gasteiger partial charge on any atom is 0.159 e. The Balaban J connectivity index is 0.863. The lowest BCUT2D eigenvalue weighted by atomic mass is 9.66. The Bertz CT molecular complexity index is 5460. The highest BCUT2D eigenvalue weighted by Gasteiger charge is 2.52. The molecule has 442 valence electrons. The van der Waals surface area contributed by atoms with E-state index >= 15 is 0 Å². The number of hydrogen-bond donors (Lipinski definition) is 0. The lowest BCUT2D eigenvalue weighted by Gasteiger charge is -2.35. The molecule has 19 rings (SSSR count). The van der Waals surface area contributed by atoms with Crippen LogP contribution in [0.15, 0.2) is 336 Å². The summed E-state index contributed by atoms with van der Waals surface area (Å²) in [5.41, 5.74) is 25.4. The number of furan rings is 2. The second-order valence-corrected chi connectivity index (χ2v) is 25.5. The third kappa shape index (κ3) is 7.74. The Hall–Kier alpha value is -12.0. The number of aryl methyl sites for hydroxylation is 2. The summed E-state index contributed by atoms with van der Waals surface area (Å²) in [6, 6.07) is 122. The number of nitrogens with zero attached hydrogens (tertiary/aromatic N) is 2. The minimum Gasteiger partial charge on any atom is -0.454 e. The van der Waals surface area contributed by atoms with Crippen molar-refractivity contribution in [1.82, 2.24) is 0 Å². The van der Waals surface area contributed by atoms with E-state index in [9.17, 15) is 0 Å². The van der Waals surface area contributed by atoms with Gasteiger partial charge in [0, 0.05) is 44.3 Å². The van der Waals surface area contributed by atoms with E-state index in [0.717, 1.165) is 99.5 Å². The van der Waals surface area contributed by atoms with Crippen molar-refractivity contribution < 1.29 is 8.83 Å². The molecule has 15 aromatic carbocycles. The van der Waals surface area contributed by atoms with Crippen molar-refractivity contribution in [3.63, 3.8) is 0 Å². The van der Waals surface area contributed by atoms with E-state index in [4.69, 9.17) is 8.83 Å². The fraction of sp³-hybridized carbons (Fsp3) is 0.0444. The normalized spacial score (nSPS) is 13.4. The molecule has 0 N–H and O–H groups in total. The van der Waals surface area contributed by atoms with E-state index in [1.807, 2.05) is 12.1 Å². The van der Waals surface area contributed by atoms with E-state index in [1.165, 1.54) is 77.9 Å². The van der Waals surface area contributed by atoms with Gasteiger partial charge in [-0.05, 0) is 210 Å². The summed E-state index contributed by atoms with van der Waals surface area (Å²) in [7, 11) is 0. The molecule has 2 aliphatic rings. The molecule has 0 saturated heterocycles. The van der Waals surface area contributed by atoms with Crippen molar-refractivity contribution in [2.75, 3.05) is 9.80 Å². The monoisotopic (exact) mass is 1200 g/mol. The third-order valence-electron chi connectivity index (χ3n) is 20.6. The summed E-state index contributed by atoms with van der Waals surface area (Å²) >= 11 is 0. The molecule has 0 saturated carbocycles. The first kappa shape index (κ1) is 53.8. The van der Waals surface area contributed by atoms with Gasteiger partial charge in [0.25, 0.3) is 0 Å². The smallest absolute Gasteiger partial charge is 0.159 e. The van der Waals surface area contributed by atoms with Crippen molar-refractivity contribution in [2.24, 2.45) is 0 Å². The average molecular weight is 1200 g/mol. The van der Waals surface area contributed by atoms with E-state index in [0.29, 0.717) is 0 Å². The number of anilines is 6. The predicted molar refractivity (Wildman–Crippen MR) is 389 cm³/mol. The topological polar surface area (TPSA) is 32.8 Å². The summed E-state index contributed by atoms with van der Waals surface area (Å²) in [5.74, 6) is 0. The average Bonchev–Trinajstić information content (AvgIpc) is 1.50. The van der Waals surface area contributed by atoms with Crippen molar-refractivity contribution >= 4 is 99.5 Å². The van der Waals surface area contributed by atoms with Gasteiger partial charge < -0.3 is 18.6 Å². The second kappa shape index (κ2) is 20.8. The van der Waals surface area contributed by atoms with Crippen LogP contribution in [0.25, 0.3) is 87.7 Å². The lowest BCUT2D eigenvalue weighted by molar-refractivity contribution is 0.668. The molecule has 2 aliphatic carbocycles. The fourth-order valence-corrected chi connectivity index (χ4v) is 16.5. The molecule has 4 heteroatoms. The van der Waals surface area contributed by atoms with Crippen LogP contribution < -0.4 is 9.80 Å². The maximum absolute atomic E-state index is 6.82. The molecule has 94 heavy (non-hydrogen) atoms. The number of hydrogen-bond acceptors (Lipinski definition) is 4. The van der Waals surface area contributed by atoms with Crippen molar-refractivity contribution in [2.45, 2.75) is 24.7 Å². The molecular formula is C90H60N2O2. The first-order valence-corrected chi connectivity index (χ1v) is 32.5. The SMILES string of the molecule is Cc1ccccc1N(c1ccc2cc3c(cc2c1)C(c1ccccc1)(c1ccccc1)c1cc2c(cc1-3)C(c1ccccc1)(c1ccccc1)c1cc3cc(N(c4ccccc4C)c4cccc5c4oc4ccccc45)ccc3cc1-2)c1cccc2c1oc1ccccc12. The molecule has 0 aliphatic heterocycles. The number of rotatable bonds is 10. The quantitative estimate of drug-likeness (QED) is 0.137. The van der Waals surface area contributed by atoms with Crippen LogP contribution in [0, 0.1) is 13.8 Å². The second-order valence-electron chi connectivity index (χ2n) is 25.5. The minimum absolute atomic E-state index is 0.722. The van der Waals surface area contributed by atoms with Gasteiger partial charge in [0.05, 0.1) is 22.2 Å². The highest BCUT2D eigenvalue weighted by atomic mass is 16.3. The van der Waals surface area contributed by atoms with Gasteiger partial charge in [-0.25, -0.2) is 0 Å². The summed E-state index contributed by atoms with van der Waals surface area (Å²) in [5, 5.41) is 9.02. The van der Waals surface area contributed by atoms with Crippen LogP contribution in [0.2, 0.25) is 0 Å². The molecule has 0 atom stereocenters. The fourth-order valence-electron chi connectivity index (χ4n) is 16.5. The van der Waals surface area contributed by atoms with Gasteiger partial charge in [0.2, 0.25) is 0 Å². The molecule has 0 radical (unpaired) electrons. The van der Waals surface area contributed by atoms with Crippen molar-refractivity contribution in [1.29, 1.82) is 0 Å². The highest BCUT2D eigenvalue weighted by Crippen LogP contribution is 2.64. The van der Waals surface area contributed by atoms with Gasteiger partial charge in [-0.3, -0.25) is 0 Å². The van der Waals surface area contributed by atoms with E-state index < -0.39 is 10.8 Å².